The molecular formula is C13H14BrN3O. The highest BCUT2D eigenvalue weighted by Gasteiger charge is 2.49. The first kappa shape index (κ1) is 11.7. The van der Waals surface area contributed by atoms with Gasteiger partial charge in [0, 0.05) is 21.6 Å². The molecular weight excluding hydrogens is 294 g/mol. The van der Waals surface area contributed by atoms with E-state index in [1.807, 2.05) is 18.2 Å². The number of anilines is 1. The van der Waals surface area contributed by atoms with Crippen molar-refractivity contribution in [1.29, 1.82) is 0 Å². The van der Waals surface area contributed by atoms with Gasteiger partial charge < -0.3 is 10.3 Å². The number of halogens is 1. The molecule has 18 heavy (non-hydrogen) atoms. The smallest absolute Gasteiger partial charge is 0.258 e. The molecule has 2 N–H and O–H groups in total. The van der Waals surface area contributed by atoms with Crippen LogP contribution in [0.15, 0.2) is 27.2 Å². The Hall–Kier alpha value is -1.36. The number of hydrogen-bond donors (Lipinski definition) is 1. The standard InChI is InChI=1S/C13H14BrN3O/c1-13(2)6-10(13)11-16-12(18-17-11)7-3-8(14)5-9(15)4-7/h3-5,10H,6,15H2,1-2H3. The minimum Gasteiger partial charge on any atom is -0.399 e. The van der Waals surface area contributed by atoms with Crippen LogP contribution in [0.1, 0.15) is 32.0 Å². The van der Waals surface area contributed by atoms with Gasteiger partial charge >= 0.3 is 0 Å². The molecule has 0 amide bonds. The third-order valence-electron chi connectivity index (χ3n) is 3.43. The van der Waals surface area contributed by atoms with E-state index in [9.17, 15) is 0 Å². The molecule has 0 spiro atoms. The Balaban J connectivity index is 1.93. The fourth-order valence-corrected chi connectivity index (χ4v) is 2.65. The number of nitrogens with zero attached hydrogens (tertiary/aromatic N) is 2. The number of benzene rings is 1. The van der Waals surface area contributed by atoms with Crippen molar-refractivity contribution < 1.29 is 4.52 Å². The Kier molecular flexibility index (Phi) is 2.48. The van der Waals surface area contributed by atoms with Gasteiger partial charge in [-0.3, -0.25) is 0 Å². The van der Waals surface area contributed by atoms with Crippen LogP contribution < -0.4 is 5.73 Å². The minimum absolute atomic E-state index is 0.303. The first-order valence-corrected chi connectivity index (χ1v) is 6.65. The van der Waals surface area contributed by atoms with E-state index in [0.717, 1.165) is 22.3 Å². The average molecular weight is 308 g/mol. The van der Waals surface area contributed by atoms with Gasteiger partial charge in [0.25, 0.3) is 5.89 Å². The molecule has 1 aromatic heterocycles. The van der Waals surface area contributed by atoms with Crippen LogP contribution in [0.25, 0.3) is 11.5 Å². The van der Waals surface area contributed by atoms with Crippen molar-refractivity contribution in [1.82, 2.24) is 10.1 Å². The Morgan fingerprint density at radius 2 is 2.11 bits per heavy atom. The molecule has 1 fully saturated rings. The maximum atomic E-state index is 5.80. The van der Waals surface area contributed by atoms with Crippen LogP contribution in [-0.2, 0) is 0 Å². The summed E-state index contributed by atoms with van der Waals surface area (Å²) in [6.07, 6.45) is 1.12. The topological polar surface area (TPSA) is 64.9 Å². The second-order valence-corrected chi connectivity index (χ2v) is 6.39. The Morgan fingerprint density at radius 3 is 2.72 bits per heavy atom. The van der Waals surface area contributed by atoms with Crippen LogP contribution in [0.5, 0.6) is 0 Å². The first-order chi connectivity index (χ1) is 8.45. The summed E-state index contributed by atoms with van der Waals surface area (Å²) in [4.78, 5) is 4.47. The lowest BCUT2D eigenvalue weighted by molar-refractivity contribution is 0.419. The molecule has 0 saturated heterocycles. The van der Waals surface area contributed by atoms with Crippen molar-refractivity contribution in [2.75, 3.05) is 5.73 Å². The average Bonchev–Trinajstić information content (AvgIpc) is 2.75. The normalized spacial score (nSPS) is 20.9. The van der Waals surface area contributed by atoms with Gasteiger partial charge in [0.2, 0.25) is 0 Å². The van der Waals surface area contributed by atoms with Crippen molar-refractivity contribution in [3.05, 3.63) is 28.5 Å². The predicted molar refractivity (Wildman–Crippen MR) is 73.0 cm³/mol. The molecule has 94 valence electrons. The number of nitrogens with two attached hydrogens (primary N) is 1. The summed E-state index contributed by atoms with van der Waals surface area (Å²) in [5.41, 5.74) is 7.62. The van der Waals surface area contributed by atoms with Gasteiger partial charge in [-0.15, -0.1) is 0 Å². The number of aromatic nitrogens is 2. The largest absolute Gasteiger partial charge is 0.399 e. The molecule has 1 heterocycles. The molecule has 1 aliphatic carbocycles. The summed E-state index contributed by atoms with van der Waals surface area (Å²) >= 11 is 3.41. The lowest BCUT2D eigenvalue weighted by Crippen LogP contribution is -1.92. The van der Waals surface area contributed by atoms with Crippen molar-refractivity contribution in [2.45, 2.75) is 26.2 Å². The van der Waals surface area contributed by atoms with Gasteiger partial charge in [0.05, 0.1) is 0 Å². The second kappa shape index (κ2) is 3.82. The summed E-state index contributed by atoms with van der Waals surface area (Å²) in [5.74, 6) is 1.74. The van der Waals surface area contributed by atoms with E-state index < -0.39 is 0 Å². The lowest BCUT2D eigenvalue weighted by atomic mass is 10.1. The quantitative estimate of drug-likeness (QED) is 0.861. The van der Waals surface area contributed by atoms with E-state index in [4.69, 9.17) is 10.3 Å². The molecule has 3 rings (SSSR count). The van der Waals surface area contributed by atoms with Crippen LogP contribution in [0.2, 0.25) is 0 Å². The molecule has 1 aliphatic rings. The number of nitrogen functional groups attached to an aromatic ring is 1. The Labute approximate surface area is 114 Å². The lowest BCUT2D eigenvalue weighted by Gasteiger charge is -1.98. The van der Waals surface area contributed by atoms with E-state index in [2.05, 4.69) is 39.9 Å². The SMILES string of the molecule is CC1(C)CC1c1noc(-c2cc(N)cc(Br)c2)n1. The summed E-state index contributed by atoms with van der Waals surface area (Å²) in [5, 5.41) is 4.07. The maximum Gasteiger partial charge on any atom is 0.258 e. The van der Waals surface area contributed by atoms with Crippen molar-refractivity contribution in [3.8, 4) is 11.5 Å². The highest BCUT2D eigenvalue weighted by Crippen LogP contribution is 2.57. The van der Waals surface area contributed by atoms with E-state index in [1.165, 1.54) is 0 Å². The molecule has 1 atom stereocenters. The van der Waals surface area contributed by atoms with Crippen LogP contribution in [0, 0.1) is 5.41 Å². The molecule has 5 heteroatoms. The predicted octanol–water partition coefficient (Wildman–Crippen LogP) is 3.59. The molecule has 0 bridgehead atoms. The molecule has 0 aliphatic heterocycles. The Bertz CT molecular complexity index is 586. The van der Waals surface area contributed by atoms with E-state index in [1.54, 1.807) is 0 Å². The van der Waals surface area contributed by atoms with Crippen LogP contribution in [-0.4, -0.2) is 10.1 Å². The van der Waals surface area contributed by atoms with Gasteiger partial charge in [-0.05, 0) is 30.0 Å². The highest BCUT2D eigenvalue weighted by atomic mass is 79.9. The molecule has 1 unspecified atom stereocenters. The molecule has 1 aromatic carbocycles. The van der Waals surface area contributed by atoms with Crippen LogP contribution in [0.4, 0.5) is 5.69 Å². The van der Waals surface area contributed by atoms with Crippen molar-refractivity contribution in [2.24, 2.45) is 5.41 Å². The van der Waals surface area contributed by atoms with Gasteiger partial charge in [0.15, 0.2) is 5.82 Å². The zero-order valence-electron chi connectivity index (χ0n) is 10.3. The van der Waals surface area contributed by atoms with Gasteiger partial charge in [-0.1, -0.05) is 34.9 Å². The molecule has 0 radical (unpaired) electrons. The first-order valence-electron chi connectivity index (χ1n) is 5.86. The summed E-state index contributed by atoms with van der Waals surface area (Å²) in [6.45, 7) is 4.43. The van der Waals surface area contributed by atoms with Gasteiger partial charge in [-0.25, -0.2) is 0 Å². The van der Waals surface area contributed by atoms with Gasteiger partial charge in [-0.2, -0.15) is 4.98 Å². The number of hydrogen-bond acceptors (Lipinski definition) is 4. The van der Waals surface area contributed by atoms with Gasteiger partial charge in [0.1, 0.15) is 0 Å². The van der Waals surface area contributed by atoms with E-state index in [-0.39, 0.29) is 0 Å². The monoisotopic (exact) mass is 307 g/mol. The minimum atomic E-state index is 0.303. The zero-order chi connectivity index (χ0) is 12.9. The summed E-state index contributed by atoms with van der Waals surface area (Å²) in [7, 11) is 0. The molecule has 1 saturated carbocycles. The van der Waals surface area contributed by atoms with Crippen LogP contribution >= 0.6 is 15.9 Å². The fourth-order valence-electron chi connectivity index (χ4n) is 2.14. The second-order valence-electron chi connectivity index (χ2n) is 5.48. The third kappa shape index (κ3) is 2.03. The maximum absolute atomic E-state index is 5.80. The number of rotatable bonds is 2. The highest BCUT2D eigenvalue weighted by molar-refractivity contribution is 9.10. The Morgan fingerprint density at radius 1 is 1.39 bits per heavy atom. The van der Waals surface area contributed by atoms with E-state index >= 15 is 0 Å². The van der Waals surface area contributed by atoms with Crippen LogP contribution in [0.3, 0.4) is 0 Å². The third-order valence-corrected chi connectivity index (χ3v) is 3.89. The fraction of sp³-hybridized carbons (Fsp3) is 0.385. The van der Waals surface area contributed by atoms with Crippen molar-refractivity contribution >= 4 is 21.6 Å². The summed E-state index contributed by atoms with van der Waals surface area (Å²) < 4.78 is 6.22. The molecule has 4 nitrogen and oxygen atoms in total. The van der Waals surface area contributed by atoms with E-state index in [0.29, 0.717) is 22.9 Å². The zero-order valence-corrected chi connectivity index (χ0v) is 11.9. The molecule has 2 aromatic rings. The van der Waals surface area contributed by atoms with Crippen molar-refractivity contribution in [3.63, 3.8) is 0 Å². The summed E-state index contributed by atoms with van der Waals surface area (Å²) in [6, 6.07) is 5.59.